The molecule has 2 atom stereocenters. The number of aromatic nitrogens is 2. The van der Waals surface area contributed by atoms with Gasteiger partial charge in [0.1, 0.15) is 28.4 Å². The zero-order valence-corrected chi connectivity index (χ0v) is 21.4. The molecule has 1 aromatic heterocycles. The number of hydrogen-bond acceptors (Lipinski definition) is 8. The van der Waals surface area contributed by atoms with Gasteiger partial charge in [0, 0.05) is 42.7 Å². The number of halogens is 2. The molecule has 37 heavy (non-hydrogen) atoms. The van der Waals surface area contributed by atoms with E-state index in [2.05, 4.69) is 20.6 Å². The highest BCUT2D eigenvalue weighted by Gasteiger charge is 2.51. The molecule has 0 bridgehead atoms. The van der Waals surface area contributed by atoms with E-state index in [0.29, 0.717) is 49.6 Å². The number of nitrogens with zero attached hydrogens (tertiary/aromatic N) is 3. The Morgan fingerprint density at radius 2 is 1.97 bits per heavy atom. The fourth-order valence-electron chi connectivity index (χ4n) is 4.10. The first kappa shape index (κ1) is 26.6. The molecule has 0 radical (unpaired) electrons. The zero-order chi connectivity index (χ0) is 26.6. The molecular formula is C24H27Cl2N7O4. The highest BCUT2D eigenvalue weighted by Crippen LogP contribution is 2.52. The van der Waals surface area contributed by atoms with E-state index in [0.717, 1.165) is 0 Å². The Hall–Kier alpha value is -3.44. The van der Waals surface area contributed by atoms with Crippen molar-refractivity contribution in [2.45, 2.75) is 36.2 Å². The number of nitrogens with one attached hydrogen (secondary N) is 3. The van der Waals surface area contributed by atoms with Crippen LogP contribution < -0.4 is 21.1 Å². The van der Waals surface area contributed by atoms with Crippen LogP contribution in [0.1, 0.15) is 30.7 Å². The number of primary amides is 1. The summed E-state index contributed by atoms with van der Waals surface area (Å²) < 4.78 is 4.90. The Bertz CT molecular complexity index is 1190. The van der Waals surface area contributed by atoms with Crippen molar-refractivity contribution in [3.05, 3.63) is 48.0 Å². The molecule has 1 saturated carbocycles. The first-order chi connectivity index (χ1) is 17.7. The molecule has 5 N–H and O–H groups in total. The lowest BCUT2D eigenvalue weighted by atomic mass is 10.1. The number of rotatable bonds is 11. The maximum Gasteiger partial charge on any atom is 0.267 e. The Labute approximate surface area is 223 Å². The molecule has 2 heterocycles. The van der Waals surface area contributed by atoms with Crippen molar-refractivity contribution in [2.24, 2.45) is 11.7 Å². The number of hydrogen-bond donors (Lipinski definition) is 4. The minimum absolute atomic E-state index is 0.0122. The van der Waals surface area contributed by atoms with Crippen LogP contribution in [-0.2, 0) is 21.0 Å². The Kier molecular flexibility index (Phi) is 8.13. The molecule has 2 unspecified atom stereocenters. The van der Waals surface area contributed by atoms with Crippen LogP contribution in [0.3, 0.4) is 0 Å². The van der Waals surface area contributed by atoms with Crippen LogP contribution in [-0.4, -0.2) is 68.3 Å². The largest absolute Gasteiger partial charge is 0.486 e. The van der Waals surface area contributed by atoms with E-state index in [-0.39, 0.29) is 36.4 Å². The number of alkyl halides is 2. The second kappa shape index (κ2) is 11.3. The predicted molar refractivity (Wildman–Crippen MR) is 138 cm³/mol. The molecule has 11 nitrogen and oxygen atoms in total. The SMILES string of the molecule is N=C(C(N)=O)c1cc(OCc2ncccn2)ccc1NCC(=O)N1CCCC1C(=O)NCC1CC1(Cl)Cl. The molecule has 4 rings (SSSR count). The van der Waals surface area contributed by atoms with E-state index in [1.807, 2.05) is 0 Å². The molecule has 1 aliphatic carbocycles. The van der Waals surface area contributed by atoms with Gasteiger partial charge in [-0.1, -0.05) is 0 Å². The van der Waals surface area contributed by atoms with Crippen LogP contribution in [0.2, 0.25) is 0 Å². The molecule has 1 aromatic carbocycles. The Morgan fingerprint density at radius 3 is 2.65 bits per heavy atom. The first-order valence-electron chi connectivity index (χ1n) is 11.8. The van der Waals surface area contributed by atoms with Gasteiger partial charge in [0.2, 0.25) is 11.8 Å². The van der Waals surface area contributed by atoms with Crippen LogP contribution >= 0.6 is 23.2 Å². The molecule has 3 amide bonds. The number of carbonyl (C=O) groups excluding carboxylic acids is 3. The van der Waals surface area contributed by atoms with Gasteiger partial charge in [0.05, 0.1) is 6.54 Å². The number of ether oxygens (including phenoxy) is 1. The van der Waals surface area contributed by atoms with Gasteiger partial charge in [0.25, 0.3) is 5.91 Å². The molecule has 1 saturated heterocycles. The maximum atomic E-state index is 13.0. The predicted octanol–water partition coefficient (Wildman–Crippen LogP) is 1.62. The molecule has 13 heteroatoms. The van der Waals surface area contributed by atoms with Crippen molar-refractivity contribution in [2.75, 3.05) is 25.0 Å². The van der Waals surface area contributed by atoms with E-state index in [1.54, 1.807) is 30.6 Å². The van der Waals surface area contributed by atoms with Crippen molar-refractivity contribution in [3.8, 4) is 5.75 Å². The van der Waals surface area contributed by atoms with E-state index in [1.165, 1.54) is 11.0 Å². The molecule has 1 aliphatic heterocycles. The lowest BCUT2D eigenvalue weighted by Crippen LogP contribution is -2.48. The average Bonchev–Trinajstić information content (AvgIpc) is 3.26. The van der Waals surface area contributed by atoms with Crippen molar-refractivity contribution in [3.63, 3.8) is 0 Å². The first-order valence-corrected chi connectivity index (χ1v) is 12.5. The third-order valence-corrected chi connectivity index (χ3v) is 7.20. The number of anilines is 1. The van der Waals surface area contributed by atoms with Gasteiger partial charge in [-0.3, -0.25) is 19.8 Å². The third kappa shape index (κ3) is 6.66. The number of carbonyl (C=O) groups is 3. The van der Waals surface area contributed by atoms with Crippen LogP contribution in [0.5, 0.6) is 5.75 Å². The lowest BCUT2D eigenvalue weighted by Gasteiger charge is -2.24. The van der Waals surface area contributed by atoms with E-state index in [9.17, 15) is 14.4 Å². The highest BCUT2D eigenvalue weighted by atomic mass is 35.5. The number of amides is 3. The summed E-state index contributed by atoms with van der Waals surface area (Å²) in [5.74, 6) is -0.600. The standard InChI is InChI=1S/C24H27Cl2N7O4/c25-24(26)10-14(24)11-32-23(36)18-3-1-8-33(18)20(34)12-31-17-5-4-15(9-16(17)21(27)22(28)35)37-13-19-29-6-2-7-30-19/h2,4-7,9,14,18,27,31H,1,3,8,10-13H2,(H2,28,35)(H,32,36). The topological polar surface area (TPSA) is 163 Å². The second-order valence-electron chi connectivity index (χ2n) is 8.91. The van der Waals surface area contributed by atoms with Crippen LogP contribution in [0.15, 0.2) is 36.7 Å². The van der Waals surface area contributed by atoms with Crippen molar-refractivity contribution in [1.82, 2.24) is 20.2 Å². The maximum absolute atomic E-state index is 13.0. The van der Waals surface area contributed by atoms with Crippen molar-refractivity contribution >= 4 is 52.3 Å². The van der Waals surface area contributed by atoms with Gasteiger partial charge < -0.3 is 26.0 Å². The summed E-state index contributed by atoms with van der Waals surface area (Å²) in [6.07, 6.45) is 5.08. The summed E-state index contributed by atoms with van der Waals surface area (Å²) in [6, 6.07) is 5.82. The molecule has 0 spiro atoms. The second-order valence-corrected chi connectivity index (χ2v) is 10.4. The van der Waals surface area contributed by atoms with Crippen LogP contribution in [0.4, 0.5) is 5.69 Å². The van der Waals surface area contributed by atoms with E-state index < -0.39 is 22.0 Å². The van der Waals surface area contributed by atoms with E-state index in [4.69, 9.17) is 39.1 Å². The highest BCUT2D eigenvalue weighted by molar-refractivity contribution is 6.50. The fraction of sp³-hybridized carbons (Fsp3) is 0.417. The normalized spacial score (nSPS) is 19.7. The summed E-state index contributed by atoms with van der Waals surface area (Å²) in [6.45, 7) is 0.767. The smallest absolute Gasteiger partial charge is 0.267 e. The Balaban J connectivity index is 1.38. The van der Waals surface area contributed by atoms with Gasteiger partial charge >= 0.3 is 0 Å². The zero-order valence-electron chi connectivity index (χ0n) is 19.9. The summed E-state index contributed by atoms with van der Waals surface area (Å²) >= 11 is 12.0. The minimum Gasteiger partial charge on any atom is -0.486 e. The van der Waals surface area contributed by atoms with Gasteiger partial charge in [-0.15, -0.1) is 23.2 Å². The number of nitrogens with two attached hydrogens (primary N) is 1. The fourth-order valence-corrected chi connectivity index (χ4v) is 4.63. The van der Waals surface area contributed by atoms with Gasteiger partial charge in [-0.25, -0.2) is 9.97 Å². The average molecular weight is 548 g/mol. The van der Waals surface area contributed by atoms with Crippen molar-refractivity contribution < 1.29 is 19.1 Å². The number of likely N-dealkylation sites (tertiary alicyclic amines) is 1. The Morgan fingerprint density at radius 1 is 1.24 bits per heavy atom. The molecule has 196 valence electrons. The summed E-state index contributed by atoms with van der Waals surface area (Å²) in [7, 11) is 0. The van der Waals surface area contributed by atoms with Crippen LogP contribution in [0.25, 0.3) is 0 Å². The monoisotopic (exact) mass is 547 g/mol. The summed E-state index contributed by atoms with van der Waals surface area (Å²) in [4.78, 5) is 47.1. The van der Waals surface area contributed by atoms with Gasteiger partial charge in [-0.2, -0.15) is 0 Å². The third-order valence-electron chi connectivity index (χ3n) is 6.28. The molecule has 2 aromatic rings. The quantitative estimate of drug-likeness (QED) is 0.245. The lowest BCUT2D eigenvalue weighted by molar-refractivity contribution is -0.137. The van der Waals surface area contributed by atoms with Crippen molar-refractivity contribution in [1.29, 1.82) is 5.41 Å². The molecule has 2 fully saturated rings. The summed E-state index contributed by atoms with van der Waals surface area (Å²) in [5.41, 5.74) is 5.44. The minimum atomic E-state index is -0.928. The van der Waals surface area contributed by atoms with Gasteiger partial charge in [0.15, 0.2) is 5.82 Å². The van der Waals surface area contributed by atoms with Crippen LogP contribution in [0, 0.1) is 11.3 Å². The summed E-state index contributed by atoms with van der Waals surface area (Å²) in [5, 5.41) is 13.9. The molecule has 2 aliphatic rings. The molecular weight excluding hydrogens is 521 g/mol. The van der Waals surface area contributed by atoms with Gasteiger partial charge in [-0.05, 0) is 43.5 Å². The van der Waals surface area contributed by atoms with E-state index >= 15 is 0 Å². The number of benzene rings is 1.